The Kier molecular flexibility index (Phi) is 3.00. The smallest absolute Gasteiger partial charge is 0.406 e. The van der Waals surface area contributed by atoms with Gasteiger partial charge in [0.1, 0.15) is 10.3 Å². The lowest BCUT2D eigenvalue weighted by molar-refractivity contribution is 0.517. The van der Waals surface area contributed by atoms with E-state index in [4.69, 9.17) is 27.6 Å². The molecule has 0 unspecified atom stereocenters. The highest BCUT2D eigenvalue weighted by molar-refractivity contribution is 6.32. The van der Waals surface area contributed by atoms with Crippen molar-refractivity contribution in [2.45, 2.75) is 6.54 Å². The van der Waals surface area contributed by atoms with Crippen LogP contribution >= 0.6 is 23.2 Å². The van der Waals surface area contributed by atoms with Gasteiger partial charge in [0.05, 0.1) is 6.54 Å². The fourth-order valence-corrected chi connectivity index (χ4v) is 2.17. The third kappa shape index (κ3) is 2.22. The molecule has 0 saturated heterocycles. The van der Waals surface area contributed by atoms with E-state index in [1.165, 1.54) is 4.57 Å². The van der Waals surface area contributed by atoms with E-state index in [9.17, 15) is 4.79 Å². The van der Waals surface area contributed by atoms with Crippen molar-refractivity contribution in [2.75, 3.05) is 0 Å². The summed E-state index contributed by atoms with van der Waals surface area (Å²) in [6, 6.07) is 6.71. The van der Waals surface area contributed by atoms with Crippen molar-refractivity contribution in [3.8, 4) is 0 Å². The lowest BCUT2D eigenvalue weighted by Gasteiger charge is -2.04. The third-order valence-corrected chi connectivity index (χ3v) is 3.18. The molecular weight excluding hydrogens is 289 g/mol. The molecule has 0 spiro atoms. The minimum atomic E-state index is -0.486. The Morgan fingerprint density at radius 2 is 2.11 bits per heavy atom. The quantitative estimate of drug-likeness (QED) is 0.682. The molecule has 96 valence electrons. The molecule has 0 atom stereocenters. The second kappa shape index (κ2) is 4.68. The molecule has 0 aliphatic carbocycles. The Balaban J connectivity index is 2.10. The first kappa shape index (κ1) is 12.2. The molecule has 0 N–H and O–H groups in total. The lowest BCUT2D eigenvalue weighted by Crippen LogP contribution is -2.15. The Bertz CT molecular complexity index is 810. The van der Waals surface area contributed by atoms with Crippen LogP contribution in [0.25, 0.3) is 11.2 Å². The zero-order valence-corrected chi connectivity index (χ0v) is 11.0. The monoisotopic (exact) mass is 295 g/mol. The van der Waals surface area contributed by atoms with Crippen molar-refractivity contribution in [3.05, 3.63) is 56.9 Å². The summed E-state index contributed by atoms with van der Waals surface area (Å²) in [6.07, 6.45) is 1.59. The first-order valence-corrected chi connectivity index (χ1v) is 6.16. The van der Waals surface area contributed by atoms with Crippen LogP contribution in [0.3, 0.4) is 0 Å². The van der Waals surface area contributed by atoms with Crippen molar-refractivity contribution in [1.29, 1.82) is 0 Å². The molecular formula is C12H7Cl2N3O2. The molecule has 19 heavy (non-hydrogen) atoms. The van der Waals surface area contributed by atoms with E-state index >= 15 is 0 Å². The van der Waals surface area contributed by atoms with Crippen molar-refractivity contribution in [1.82, 2.24) is 14.5 Å². The summed E-state index contributed by atoms with van der Waals surface area (Å²) >= 11 is 11.7. The number of nitrogens with zero attached hydrogens (tertiary/aromatic N) is 3. The summed E-state index contributed by atoms with van der Waals surface area (Å²) in [5.41, 5.74) is 1.57. The second-order valence-corrected chi connectivity index (χ2v) is 4.61. The maximum Gasteiger partial charge on any atom is 0.421 e. The molecule has 3 aromatic heterocycles. The highest BCUT2D eigenvalue weighted by Gasteiger charge is 2.12. The number of oxazole rings is 1. The van der Waals surface area contributed by atoms with Crippen LogP contribution in [-0.4, -0.2) is 14.5 Å². The van der Waals surface area contributed by atoms with Gasteiger partial charge in [0.25, 0.3) is 0 Å². The molecule has 0 radical (unpaired) electrons. The largest absolute Gasteiger partial charge is 0.421 e. The van der Waals surface area contributed by atoms with Gasteiger partial charge in [-0.3, -0.25) is 4.57 Å². The van der Waals surface area contributed by atoms with Gasteiger partial charge in [-0.15, -0.1) is 0 Å². The Hall–Kier alpha value is -1.85. The van der Waals surface area contributed by atoms with E-state index < -0.39 is 5.76 Å². The van der Waals surface area contributed by atoms with E-state index in [0.29, 0.717) is 21.9 Å². The van der Waals surface area contributed by atoms with Crippen molar-refractivity contribution >= 4 is 34.4 Å². The summed E-state index contributed by atoms with van der Waals surface area (Å²) in [5.74, 6) is -0.486. The van der Waals surface area contributed by atoms with Gasteiger partial charge in [-0.1, -0.05) is 29.3 Å². The Morgan fingerprint density at radius 1 is 1.26 bits per heavy atom. The van der Waals surface area contributed by atoms with Gasteiger partial charge >= 0.3 is 5.76 Å². The van der Waals surface area contributed by atoms with Crippen LogP contribution in [0.1, 0.15) is 5.56 Å². The summed E-state index contributed by atoms with van der Waals surface area (Å²) in [4.78, 5) is 19.8. The standard InChI is InChI=1S/C12H7Cl2N3O2/c13-9-4-3-7(10(14)16-9)6-17-11-8(19-12(17)18)2-1-5-15-11/h1-5H,6H2. The maximum absolute atomic E-state index is 11.8. The van der Waals surface area contributed by atoms with Crippen LogP contribution in [0.5, 0.6) is 0 Å². The molecule has 0 saturated carbocycles. The van der Waals surface area contributed by atoms with Crippen LogP contribution < -0.4 is 5.76 Å². The number of aromatic nitrogens is 3. The first-order chi connectivity index (χ1) is 9.15. The zero-order chi connectivity index (χ0) is 13.4. The topological polar surface area (TPSA) is 60.9 Å². The van der Waals surface area contributed by atoms with E-state index in [0.717, 1.165) is 0 Å². The molecule has 0 amide bonds. The molecule has 5 nitrogen and oxygen atoms in total. The maximum atomic E-state index is 11.8. The fraction of sp³-hybridized carbons (Fsp3) is 0.0833. The number of hydrogen-bond donors (Lipinski definition) is 0. The highest BCUT2D eigenvalue weighted by Crippen LogP contribution is 2.19. The summed E-state index contributed by atoms with van der Waals surface area (Å²) in [5, 5.41) is 0.556. The molecule has 3 heterocycles. The predicted molar refractivity (Wildman–Crippen MR) is 71.6 cm³/mol. The van der Waals surface area contributed by atoms with E-state index in [2.05, 4.69) is 9.97 Å². The van der Waals surface area contributed by atoms with Gasteiger partial charge in [0, 0.05) is 11.8 Å². The SMILES string of the molecule is O=c1oc2cccnc2n1Cc1ccc(Cl)nc1Cl. The zero-order valence-electron chi connectivity index (χ0n) is 9.51. The molecule has 7 heteroatoms. The van der Waals surface area contributed by atoms with Crippen LogP contribution in [0.15, 0.2) is 39.7 Å². The van der Waals surface area contributed by atoms with Gasteiger partial charge in [0.15, 0.2) is 11.2 Å². The molecule has 0 aliphatic rings. The van der Waals surface area contributed by atoms with Crippen molar-refractivity contribution < 1.29 is 4.42 Å². The summed E-state index contributed by atoms with van der Waals surface area (Å²) in [7, 11) is 0. The van der Waals surface area contributed by atoms with Gasteiger partial charge in [-0.2, -0.15) is 0 Å². The van der Waals surface area contributed by atoms with Gasteiger partial charge in [-0.05, 0) is 18.2 Å². The van der Waals surface area contributed by atoms with Crippen LogP contribution in [0.4, 0.5) is 0 Å². The van der Waals surface area contributed by atoms with Crippen LogP contribution in [0.2, 0.25) is 10.3 Å². The normalized spacial score (nSPS) is 11.1. The average molecular weight is 296 g/mol. The Morgan fingerprint density at radius 3 is 2.89 bits per heavy atom. The second-order valence-electron chi connectivity index (χ2n) is 3.86. The molecule has 0 fully saturated rings. The molecule has 3 rings (SSSR count). The first-order valence-electron chi connectivity index (χ1n) is 5.40. The van der Waals surface area contributed by atoms with E-state index in [1.807, 2.05) is 0 Å². The molecule has 0 bridgehead atoms. The number of rotatable bonds is 2. The number of halogens is 2. The lowest BCUT2D eigenvalue weighted by atomic mass is 10.3. The minimum Gasteiger partial charge on any atom is -0.406 e. The van der Waals surface area contributed by atoms with Crippen molar-refractivity contribution in [2.24, 2.45) is 0 Å². The highest BCUT2D eigenvalue weighted by atomic mass is 35.5. The van der Waals surface area contributed by atoms with E-state index in [-0.39, 0.29) is 11.7 Å². The van der Waals surface area contributed by atoms with Gasteiger partial charge in [0.2, 0.25) is 0 Å². The molecule has 0 aromatic carbocycles. The Labute approximate surface area is 117 Å². The summed E-state index contributed by atoms with van der Waals surface area (Å²) < 4.78 is 6.49. The fourth-order valence-electron chi connectivity index (χ4n) is 1.77. The predicted octanol–water partition coefficient (Wildman–Crippen LogP) is 2.74. The van der Waals surface area contributed by atoms with Crippen LogP contribution in [0, 0.1) is 0 Å². The van der Waals surface area contributed by atoms with Crippen molar-refractivity contribution in [3.63, 3.8) is 0 Å². The average Bonchev–Trinajstić information content (AvgIpc) is 2.69. The number of fused-ring (bicyclic) bond motifs is 1. The molecule has 3 aromatic rings. The van der Waals surface area contributed by atoms with E-state index in [1.54, 1.807) is 30.5 Å². The minimum absolute atomic E-state index is 0.228. The number of hydrogen-bond acceptors (Lipinski definition) is 4. The van der Waals surface area contributed by atoms with Crippen LogP contribution in [-0.2, 0) is 6.54 Å². The van der Waals surface area contributed by atoms with Gasteiger partial charge in [-0.25, -0.2) is 14.8 Å². The summed E-state index contributed by atoms with van der Waals surface area (Å²) in [6.45, 7) is 0.228. The van der Waals surface area contributed by atoms with Gasteiger partial charge < -0.3 is 4.42 Å². The molecule has 0 aliphatic heterocycles. The number of pyridine rings is 2. The third-order valence-electron chi connectivity index (χ3n) is 2.64.